The van der Waals surface area contributed by atoms with Crippen molar-refractivity contribution in [3.05, 3.63) is 24.8 Å². The first kappa shape index (κ1) is 8.40. The average molecular weight is 128 g/mol. The smallest absolute Gasteiger partial charge is 0.104 e. The lowest BCUT2D eigenvalue weighted by Crippen LogP contribution is -2.23. The summed E-state index contributed by atoms with van der Waals surface area (Å²) in [4.78, 5) is 0. The Hall–Kier alpha value is -0.600. The molecule has 0 rings (SSSR count). The van der Waals surface area contributed by atoms with Crippen LogP contribution in [0.1, 0.15) is 6.92 Å². The van der Waals surface area contributed by atoms with Gasteiger partial charge in [0.05, 0.1) is 0 Å². The van der Waals surface area contributed by atoms with E-state index in [0.29, 0.717) is 5.57 Å². The molecule has 0 aliphatic carbocycles. The van der Waals surface area contributed by atoms with E-state index < -0.39 is 12.2 Å². The molecule has 0 heterocycles. The molecule has 0 aliphatic rings. The number of hydrogen-bond donors (Lipinski definition) is 2. The molecule has 2 atom stereocenters. The van der Waals surface area contributed by atoms with E-state index in [9.17, 15) is 0 Å². The van der Waals surface area contributed by atoms with Crippen molar-refractivity contribution >= 4 is 0 Å². The summed E-state index contributed by atoms with van der Waals surface area (Å²) in [5.41, 5.74) is 0.544. The monoisotopic (exact) mass is 128 g/mol. The third-order valence-electron chi connectivity index (χ3n) is 1.07. The Kier molecular flexibility index (Phi) is 3.20. The summed E-state index contributed by atoms with van der Waals surface area (Å²) in [5.74, 6) is 0. The van der Waals surface area contributed by atoms with E-state index in [1.807, 2.05) is 0 Å². The van der Waals surface area contributed by atoms with Crippen molar-refractivity contribution in [3.8, 4) is 0 Å². The van der Waals surface area contributed by atoms with Gasteiger partial charge in [0, 0.05) is 0 Å². The van der Waals surface area contributed by atoms with E-state index in [-0.39, 0.29) is 0 Å². The first-order valence-electron chi connectivity index (χ1n) is 2.73. The van der Waals surface area contributed by atoms with E-state index in [1.54, 1.807) is 6.92 Å². The van der Waals surface area contributed by atoms with Gasteiger partial charge in [-0.2, -0.15) is 0 Å². The molecular formula is C7H12O2. The largest absolute Gasteiger partial charge is 0.386 e. The van der Waals surface area contributed by atoms with Crippen LogP contribution >= 0.6 is 0 Å². The molecule has 0 fully saturated rings. The quantitative estimate of drug-likeness (QED) is 0.542. The zero-order valence-electron chi connectivity index (χ0n) is 5.54. The third-order valence-corrected chi connectivity index (χ3v) is 1.07. The van der Waals surface area contributed by atoms with Gasteiger partial charge in [-0.1, -0.05) is 12.7 Å². The second-order valence-corrected chi connectivity index (χ2v) is 2.02. The lowest BCUT2D eigenvalue weighted by molar-refractivity contribution is 0.0738. The van der Waals surface area contributed by atoms with Gasteiger partial charge in [-0.15, -0.1) is 6.58 Å². The SMILES string of the molecule is C=C[C@@H](O)[C@H](O)C(=C)C. The number of aliphatic hydroxyl groups is 2. The van der Waals surface area contributed by atoms with Crippen LogP contribution in [0.4, 0.5) is 0 Å². The fraction of sp³-hybridized carbons (Fsp3) is 0.429. The summed E-state index contributed by atoms with van der Waals surface area (Å²) in [5, 5.41) is 17.8. The topological polar surface area (TPSA) is 40.5 Å². The minimum atomic E-state index is -0.887. The van der Waals surface area contributed by atoms with Gasteiger partial charge in [0.25, 0.3) is 0 Å². The summed E-state index contributed by atoms with van der Waals surface area (Å²) in [7, 11) is 0. The number of rotatable bonds is 3. The Bertz CT molecular complexity index is 118. The second kappa shape index (κ2) is 3.43. The molecule has 0 aromatic carbocycles. The molecule has 2 nitrogen and oxygen atoms in total. The van der Waals surface area contributed by atoms with Crippen LogP contribution in [-0.2, 0) is 0 Å². The first-order valence-corrected chi connectivity index (χ1v) is 2.73. The lowest BCUT2D eigenvalue weighted by atomic mass is 10.1. The highest BCUT2D eigenvalue weighted by atomic mass is 16.3. The second-order valence-electron chi connectivity index (χ2n) is 2.02. The highest BCUT2D eigenvalue weighted by Crippen LogP contribution is 2.03. The molecule has 9 heavy (non-hydrogen) atoms. The van der Waals surface area contributed by atoms with E-state index in [2.05, 4.69) is 13.2 Å². The van der Waals surface area contributed by atoms with Gasteiger partial charge < -0.3 is 10.2 Å². The molecule has 0 aromatic heterocycles. The van der Waals surface area contributed by atoms with Crippen LogP contribution in [0.15, 0.2) is 24.8 Å². The normalized spacial score (nSPS) is 16.3. The Morgan fingerprint density at radius 1 is 1.56 bits per heavy atom. The standard InChI is InChI=1S/C7H12O2/c1-4-6(8)7(9)5(2)3/h4,6-9H,1-2H2,3H3/t6-,7-/m1/s1. The fourth-order valence-corrected chi connectivity index (χ4v) is 0.420. The predicted octanol–water partition coefficient (Wildman–Crippen LogP) is 0.470. The van der Waals surface area contributed by atoms with E-state index in [4.69, 9.17) is 10.2 Å². The van der Waals surface area contributed by atoms with E-state index in [1.165, 1.54) is 6.08 Å². The summed E-state index contributed by atoms with van der Waals surface area (Å²) in [6.07, 6.45) is -0.482. The molecular weight excluding hydrogens is 116 g/mol. The zero-order chi connectivity index (χ0) is 7.44. The van der Waals surface area contributed by atoms with Crippen molar-refractivity contribution in [2.45, 2.75) is 19.1 Å². The molecule has 0 bridgehead atoms. The van der Waals surface area contributed by atoms with Gasteiger partial charge in [-0.05, 0) is 12.5 Å². The minimum Gasteiger partial charge on any atom is -0.386 e. The summed E-state index contributed by atoms with van der Waals surface area (Å²) in [6.45, 7) is 8.43. The van der Waals surface area contributed by atoms with Crippen LogP contribution in [0, 0.1) is 0 Å². The van der Waals surface area contributed by atoms with Crippen molar-refractivity contribution < 1.29 is 10.2 Å². The molecule has 0 radical (unpaired) electrons. The molecule has 0 unspecified atom stereocenters. The van der Waals surface area contributed by atoms with Crippen molar-refractivity contribution in [1.29, 1.82) is 0 Å². The predicted molar refractivity (Wildman–Crippen MR) is 37.0 cm³/mol. The molecule has 0 amide bonds. The molecule has 0 saturated carbocycles. The van der Waals surface area contributed by atoms with Crippen LogP contribution in [0.3, 0.4) is 0 Å². The van der Waals surface area contributed by atoms with Gasteiger partial charge >= 0.3 is 0 Å². The van der Waals surface area contributed by atoms with Gasteiger partial charge in [0.15, 0.2) is 0 Å². The number of hydrogen-bond acceptors (Lipinski definition) is 2. The van der Waals surface area contributed by atoms with E-state index in [0.717, 1.165) is 0 Å². The molecule has 0 aromatic rings. The Morgan fingerprint density at radius 2 is 2.00 bits per heavy atom. The third kappa shape index (κ3) is 2.44. The Morgan fingerprint density at radius 3 is 2.11 bits per heavy atom. The molecule has 0 aliphatic heterocycles. The summed E-state index contributed by atoms with van der Waals surface area (Å²) in [6, 6.07) is 0. The minimum absolute atomic E-state index is 0.544. The molecule has 0 saturated heterocycles. The average Bonchev–Trinajstić information content (AvgIpc) is 1.84. The van der Waals surface area contributed by atoms with Crippen molar-refractivity contribution in [3.63, 3.8) is 0 Å². The van der Waals surface area contributed by atoms with Gasteiger partial charge in [0.1, 0.15) is 12.2 Å². The maximum Gasteiger partial charge on any atom is 0.104 e. The fourth-order valence-electron chi connectivity index (χ4n) is 0.420. The van der Waals surface area contributed by atoms with Crippen molar-refractivity contribution in [2.75, 3.05) is 0 Å². The van der Waals surface area contributed by atoms with Crippen LogP contribution < -0.4 is 0 Å². The van der Waals surface area contributed by atoms with Gasteiger partial charge in [-0.25, -0.2) is 0 Å². The van der Waals surface area contributed by atoms with Crippen LogP contribution in [-0.4, -0.2) is 22.4 Å². The van der Waals surface area contributed by atoms with Gasteiger partial charge in [-0.3, -0.25) is 0 Å². The van der Waals surface area contributed by atoms with Crippen molar-refractivity contribution in [2.24, 2.45) is 0 Å². The molecule has 52 valence electrons. The Labute approximate surface area is 55.1 Å². The maximum atomic E-state index is 8.97. The number of aliphatic hydroxyl groups excluding tert-OH is 2. The summed E-state index contributed by atoms with van der Waals surface area (Å²) < 4.78 is 0. The Balaban J connectivity index is 3.86. The summed E-state index contributed by atoms with van der Waals surface area (Å²) >= 11 is 0. The van der Waals surface area contributed by atoms with E-state index >= 15 is 0 Å². The van der Waals surface area contributed by atoms with Crippen molar-refractivity contribution in [1.82, 2.24) is 0 Å². The van der Waals surface area contributed by atoms with Crippen LogP contribution in [0.2, 0.25) is 0 Å². The van der Waals surface area contributed by atoms with Crippen LogP contribution in [0.5, 0.6) is 0 Å². The highest BCUT2D eigenvalue weighted by Gasteiger charge is 2.11. The van der Waals surface area contributed by atoms with Crippen LogP contribution in [0.25, 0.3) is 0 Å². The highest BCUT2D eigenvalue weighted by molar-refractivity contribution is 5.04. The molecule has 2 N–H and O–H groups in total. The maximum absolute atomic E-state index is 8.97. The zero-order valence-corrected chi connectivity index (χ0v) is 5.54. The van der Waals surface area contributed by atoms with Gasteiger partial charge in [0.2, 0.25) is 0 Å². The molecule has 0 spiro atoms. The molecule has 2 heteroatoms. The first-order chi connectivity index (χ1) is 4.09. The lowest BCUT2D eigenvalue weighted by Gasteiger charge is -2.12.